The maximum absolute atomic E-state index is 12.9. The van der Waals surface area contributed by atoms with Crippen molar-refractivity contribution in [2.24, 2.45) is 0 Å². The molecule has 1 aromatic heterocycles. The first-order valence-corrected chi connectivity index (χ1v) is 7.88. The summed E-state index contributed by atoms with van der Waals surface area (Å²) in [7, 11) is 0. The third kappa shape index (κ3) is 4.84. The van der Waals surface area contributed by atoms with Gasteiger partial charge in [-0.15, -0.1) is 0 Å². The Morgan fingerprint density at radius 2 is 1.76 bits per heavy atom. The van der Waals surface area contributed by atoms with Crippen molar-refractivity contribution in [3.63, 3.8) is 0 Å². The van der Waals surface area contributed by atoms with Crippen LogP contribution in [0, 0.1) is 5.82 Å². The number of nitrogens with one attached hydrogen (secondary N) is 2. The minimum atomic E-state index is -0.277. The van der Waals surface area contributed by atoms with Crippen LogP contribution in [-0.2, 0) is 6.42 Å². The lowest BCUT2D eigenvalue weighted by Crippen LogP contribution is -2.26. The van der Waals surface area contributed by atoms with Crippen molar-refractivity contribution >= 4 is 17.5 Å². The van der Waals surface area contributed by atoms with Gasteiger partial charge in [0.15, 0.2) is 0 Å². The van der Waals surface area contributed by atoms with E-state index < -0.39 is 0 Å². The van der Waals surface area contributed by atoms with E-state index in [1.54, 1.807) is 18.2 Å². The van der Waals surface area contributed by atoms with Crippen LogP contribution in [0.25, 0.3) is 0 Å². The summed E-state index contributed by atoms with van der Waals surface area (Å²) in [6.07, 6.45) is 2.15. The lowest BCUT2D eigenvalue weighted by molar-refractivity contribution is 0.0949. The number of amides is 1. The van der Waals surface area contributed by atoms with Gasteiger partial charge in [0.1, 0.15) is 11.5 Å². The molecule has 0 fully saturated rings. The molecule has 0 aliphatic carbocycles. The highest BCUT2D eigenvalue weighted by atomic mass is 19.1. The summed E-state index contributed by atoms with van der Waals surface area (Å²) in [6, 6.07) is 17.3. The SMILES string of the molecule is O=C(NCCc1ccc(F)cc1)c1ccnc(Nc2ccccc2)n1. The number of halogens is 1. The highest BCUT2D eigenvalue weighted by Gasteiger charge is 2.08. The Morgan fingerprint density at radius 3 is 2.52 bits per heavy atom. The van der Waals surface area contributed by atoms with Gasteiger partial charge in [-0.1, -0.05) is 30.3 Å². The van der Waals surface area contributed by atoms with Crippen LogP contribution in [0.1, 0.15) is 16.1 Å². The Labute approximate surface area is 145 Å². The second-order valence-corrected chi connectivity index (χ2v) is 5.39. The highest BCUT2D eigenvalue weighted by Crippen LogP contribution is 2.11. The number of nitrogens with zero attached hydrogens (tertiary/aromatic N) is 2. The second-order valence-electron chi connectivity index (χ2n) is 5.39. The van der Waals surface area contributed by atoms with Crippen molar-refractivity contribution in [1.82, 2.24) is 15.3 Å². The van der Waals surface area contributed by atoms with Crippen LogP contribution in [0.4, 0.5) is 16.0 Å². The van der Waals surface area contributed by atoms with Gasteiger partial charge in [-0.25, -0.2) is 14.4 Å². The Morgan fingerprint density at radius 1 is 1.00 bits per heavy atom. The zero-order valence-electron chi connectivity index (χ0n) is 13.4. The summed E-state index contributed by atoms with van der Waals surface area (Å²) in [5.41, 5.74) is 2.08. The van der Waals surface area contributed by atoms with E-state index in [2.05, 4.69) is 20.6 Å². The summed E-state index contributed by atoms with van der Waals surface area (Å²) >= 11 is 0. The normalized spacial score (nSPS) is 10.3. The van der Waals surface area contributed by atoms with Gasteiger partial charge in [-0.3, -0.25) is 4.79 Å². The number of benzene rings is 2. The molecule has 6 heteroatoms. The van der Waals surface area contributed by atoms with E-state index in [0.29, 0.717) is 18.9 Å². The smallest absolute Gasteiger partial charge is 0.270 e. The molecule has 0 saturated carbocycles. The number of carbonyl (C=O) groups excluding carboxylic acids is 1. The fourth-order valence-corrected chi connectivity index (χ4v) is 2.26. The molecule has 3 aromatic rings. The van der Waals surface area contributed by atoms with Crippen LogP contribution >= 0.6 is 0 Å². The van der Waals surface area contributed by atoms with E-state index in [0.717, 1.165) is 11.3 Å². The van der Waals surface area contributed by atoms with E-state index in [-0.39, 0.29) is 17.4 Å². The lowest BCUT2D eigenvalue weighted by Gasteiger charge is -2.07. The first-order chi connectivity index (χ1) is 12.2. The fourth-order valence-electron chi connectivity index (χ4n) is 2.26. The number of anilines is 2. The second kappa shape index (κ2) is 8.01. The summed E-state index contributed by atoms with van der Waals surface area (Å²) in [5.74, 6) is -0.190. The van der Waals surface area contributed by atoms with Crippen LogP contribution in [0.15, 0.2) is 66.9 Å². The average Bonchev–Trinajstić information content (AvgIpc) is 2.64. The fraction of sp³-hybridized carbons (Fsp3) is 0.105. The van der Waals surface area contributed by atoms with Crippen molar-refractivity contribution in [3.8, 4) is 0 Å². The Bertz CT molecular complexity index is 838. The predicted molar refractivity (Wildman–Crippen MR) is 94.2 cm³/mol. The Kier molecular flexibility index (Phi) is 5.31. The zero-order valence-corrected chi connectivity index (χ0v) is 13.4. The first kappa shape index (κ1) is 16.6. The van der Waals surface area contributed by atoms with Crippen molar-refractivity contribution < 1.29 is 9.18 Å². The van der Waals surface area contributed by atoms with E-state index in [1.165, 1.54) is 18.3 Å². The molecule has 3 rings (SSSR count). The van der Waals surface area contributed by atoms with Crippen LogP contribution in [-0.4, -0.2) is 22.4 Å². The molecular formula is C19H17FN4O. The van der Waals surface area contributed by atoms with E-state index >= 15 is 0 Å². The predicted octanol–water partition coefficient (Wildman–Crippen LogP) is 3.33. The largest absolute Gasteiger partial charge is 0.350 e. The lowest BCUT2D eigenvalue weighted by atomic mass is 10.1. The van der Waals surface area contributed by atoms with Crippen LogP contribution in [0.2, 0.25) is 0 Å². The molecule has 2 aromatic carbocycles. The van der Waals surface area contributed by atoms with Crippen molar-refractivity contribution in [2.75, 3.05) is 11.9 Å². The molecule has 25 heavy (non-hydrogen) atoms. The highest BCUT2D eigenvalue weighted by molar-refractivity contribution is 5.92. The van der Waals surface area contributed by atoms with Crippen LogP contribution < -0.4 is 10.6 Å². The van der Waals surface area contributed by atoms with Crippen molar-refractivity contribution in [2.45, 2.75) is 6.42 Å². The molecule has 0 aliphatic rings. The van der Waals surface area contributed by atoms with Crippen LogP contribution in [0.5, 0.6) is 0 Å². The van der Waals surface area contributed by atoms with E-state index in [1.807, 2.05) is 30.3 Å². The number of hydrogen-bond acceptors (Lipinski definition) is 4. The topological polar surface area (TPSA) is 66.9 Å². The minimum absolute atomic E-state index is 0.271. The minimum Gasteiger partial charge on any atom is -0.350 e. The summed E-state index contributed by atoms with van der Waals surface area (Å²) in [5, 5.41) is 5.85. The first-order valence-electron chi connectivity index (χ1n) is 7.88. The molecule has 0 spiro atoms. The third-order valence-electron chi connectivity index (χ3n) is 3.53. The summed E-state index contributed by atoms with van der Waals surface area (Å²) < 4.78 is 12.9. The van der Waals surface area contributed by atoms with Gasteiger partial charge in [0.05, 0.1) is 0 Å². The molecule has 1 amide bonds. The number of carbonyl (C=O) groups is 1. The molecular weight excluding hydrogens is 319 g/mol. The quantitative estimate of drug-likeness (QED) is 0.724. The number of hydrogen-bond donors (Lipinski definition) is 2. The Hall–Kier alpha value is -3.28. The van der Waals surface area contributed by atoms with Crippen molar-refractivity contribution in [1.29, 1.82) is 0 Å². The van der Waals surface area contributed by atoms with Gasteiger partial charge in [-0.2, -0.15) is 0 Å². The zero-order chi connectivity index (χ0) is 17.5. The molecule has 0 aliphatic heterocycles. The molecule has 0 bridgehead atoms. The number of para-hydroxylation sites is 1. The van der Waals surface area contributed by atoms with Crippen LogP contribution in [0.3, 0.4) is 0 Å². The standard InChI is InChI=1S/C19H17FN4O/c20-15-8-6-14(7-9-15)10-12-21-18(25)17-11-13-22-19(24-17)23-16-4-2-1-3-5-16/h1-9,11,13H,10,12H2,(H,21,25)(H,22,23,24). The maximum atomic E-state index is 12.9. The molecule has 126 valence electrons. The van der Waals surface area contributed by atoms with Gasteiger partial charge in [-0.05, 0) is 42.3 Å². The van der Waals surface area contributed by atoms with E-state index in [4.69, 9.17) is 0 Å². The third-order valence-corrected chi connectivity index (χ3v) is 3.53. The van der Waals surface area contributed by atoms with Crippen molar-refractivity contribution in [3.05, 3.63) is 83.9 Å². The number of aromatic nitrogens is 2. The molecule has 0 atom stereocenters. The van der Waals surface area contributed by atoms with Gasteiger partial charge in [0.25, 0.3) is 5.91 Å². The molecule has 0 unspecified atom stereocenters. The Balaban J connectivity index is 1.56. The molecule has 1 heterocycles. The van der Waals surface area contributed by atoms with Gasteiger partial charge in [0.2, 0.25) is 5.95 Å². The summed E-state index contributed by atoms with van der Waals surface area (Å²) in [6.45, 7) is 0.440. The monoisotopic (exact) mass is 336 g/mol. The summed E-state index contributed by atoms with van der Waals surface area (Å²) in [4.78, 5) is 20.5. The molecule has 2 N–H and O–H groups in total. The maximum Gasteiger partial charge on any atom is 0.270 e. The average molecular weight is 336 g/mol. The molecule has 0 saturated heterocycles. The van der Waals surface area contributed by atoms with Gasteiger partial charge < -0.3 is 10.6 Å². The van der Waals surface area contributed by atoms with E-state index in [9.17, 15) is 9.18 Å². The van der Waals surface area contributed by atoms with Gasteiger partial charge >= 0.3 is 0 Å². The molecule has 5 nitrogen and oxygen atoms in total. The van der Waals surface area contributed by atoms with Gasteiger partial charge in [0, 0.05) is 18.4 Å². The molecule has 0 radical (unpaired) electrons. The number of rotatable bonds is 6.